The lowest BCUT2D eigenvalue weighted by atomic mass is 10.3. The first-order chi connectivity index (χ1) is 7.98. The van der Waals surface area contributed by atoms with Crippen LogP contribution in [0.15, 0.2) is 0 Å². The number of methoxy groups -OCH3 is 1. The Bertz CT molecular complexity index is 306. The Kier molecular flexibility index (Phi) is 9.56. The third kappa shape index (κ3) is 12.0. The van der Waals surface area contributed by atoms with E-state index in [9.17, 15) is 8.42 Å². The number of thiocarbonyl (C=S) groups is 1. The zero-order valence-corrected chi connectivity index (χ0v) is 11.6. The predicted molar refractivity (Wildman–Crippen MR) is 70.5 cm³/mol. The summed E-state index contributed by atoms with van der Waals surface area (Å²) in [7, 11) is -1.75. The summed E-state index contributed by atoms with van der Waals surface area (Å²) < 4.78 is 35.0. The van der Waals surface area contributed by atoms with E-state index in [1.165, 1.54) is 0 Å². The van der Waals surface area contributed by atoms with Crippen LogP contribution in [0.1, 0.15) is 12.8 Å². The monoisotopic (exact) mass is 284 g/mol. The zero-order chi connectivity index (χ0) is 13.1. The molecule has 0 unspecified atom stereocenters. The third-order valence-electron chi connectivity index (χ3n) is 1.80. The number of rotatable bonds is 11. The molecule has 0 saturated heterocycles. The standard InChI is InChI=1S/C9H20N2O4S2/c1-14-6-7-15-5-3-2-4-11-17(12,13)8-9(10)16/h11H,2-8H2,1H3,(H2,10,16). The largest absolute Gasteiger partial charge is 0.392 e. The summed E-state index contributed by atoms with van der Waals surface area (Å²) in [4.78, 5) is -0.0274. The van der Waals surface area contributed by atoms with Crippen molar-refractivity contribution >= 4 is 27.2 Å². The first kappa shape index (κ1) is 16.7. The van der Waals surface area contributed by atoms with Gasteiger partial charge in [-0.15, -0.1) is 0 Å². The summed E-state index contributed by atoms with van der Waals surface area (Å²) in [5, 5.41) is 0. The van der Waals surface area contributed by atoms with Gasteiger partial charge in [0.05, 0.1) is 18.2 Å². The van der Waals surface area contributed by atoms with Crippen LogP contribution in [-0.4, -0.2) is 52.6 Å². The Hall–Kier alpha value is -0.280. The minimum absolute atomic E-state index is 0.0274. The maximum Gasteiger partial charge on any atom is 0.218 e. The summed E-state index contributed by atoms with van der Waals surface area (Å²) in [6, 6.07) is 0. The van der Waals surface area contributed by atoms with Gasteiger partial charge in [0.25, 0.3) is 0 Å². The normalized spacial score (nSPS) is 11.6. The number of hydrogen-bond donors (Lipinski definition) is 2. The number of nitrogens with two attached hydrogens (primary N) is 1. The van der Waals surface area contributed by atoms with E-state index >= 15 is 0 Å². The number of hydrogen-bond acceptors (Lipinski definition) is 5. The van der Waals surface area contributed by atoms with Gasteiger partial charge < -0.3 is 15.2 Å². The molecule has 8 heteroatoms. The van der Waals surface area contributed by atoms with Crippen LogP contribution < -0.4 is 10.5 Å². The van der Waals surface area contributed by atoms with E-state index in [0.717, 1.165) is 6.42 Å². The predicted octanol–water partition coefficient (Wildman–Crippen LogP) is -0.365. The molecule has 0 rings (SSSR count). The van der Waals surface area contributed by atoms with Crippen LogP contribution in [0.4, 0.5) is 0 Å². The Morgan fingerprint density at radius 2 is 2.00 bits per heavy atom. The van der Waals surface area contributed by atoms with Gasteiger partial charge in [-0.3, -0.25) is 0 Å². The fourth-order valence-electron chi connectivity index (χ4n) is 1.04. The lowest BCUT2D eigenvalue weighted by molar-refractivity contribution is 0.0689. The molecule has 0 aromatic carbocycles. The van der Waals surface area contributed by atoms with Gasteiger partial charge in [-0.1, -0.05) is 12.2 Å². The van der Waals surface area contributed by atoms with E-state index in [2.05, 4.69) is 16.9 Å². The van der Waals surface area contributed by atoms with Crippen LogP contribution >= 0.6 is 12.2 Å². The summed E-state index contributed by atoms with van der Waals surface area (Å²) in [5.74, 6) is -0.299. The molecule has 0 heterocycles. The smallest absolute Gasteiger partial charge is 0.218 e. The quantitative estimate of drug-likeness (QED) is 0.397. The van der Waals surface area contributed by atoms with Gasteiger partial charge in [-0.25, -0.2) is 13.1 Å². The molecule has 0 aliphatic carbocycles. The van der Waals surface area contributed by atoms with Gasteiger partial charge in [-0.05, 0) is 12.8 Å². The van der Waals surface area contributed by atoms with Gasteiger partial charge in [0.2, 0.25) is 10.0 Å². The molecule has 102 valence electrons. The molecule has 0 atom stereocenters. The maximum absolute atomic E-state index is 11.3. The van der Waals surface area contributed by atoms with Gasteiger partial charge >= 0.3 is 0 Å². The first-order valence-corrected chi connectivity index (χ1v) is 7.36. The van der Waals surface area contributed by atoms with E-state index in [0.29, 0.717) is 32.8 Å². The molecule has 0 bridgehead atoms. The van der Waals surface area contributed by atoms with Crippen LogP contribution in [0.25, 0.3) is 0 Å². The van der Waals surface area contributed by atoms with E-state index in [1.54, 1.807) is 7.11 Å². The molecule has 3 N–H and O–H groups in total. The minimum Gasteiger partial charge on any atom is -0.392 e. The molecular weight excluding hydrogens is 264 g/mol. The fourth-order valence-corrected chi connectivity index (χ4v) is 2.44. The molecule has 0 radical (unpaired) electrons. The van der Waals surface area contributed by atoms with Crippen molar-refractivity contribution in [3.05, 3.63) is 0 Å². The molecule has 17 heavy (non-hydrogen) atoms. The van der Waals surface area contributed by atoms with Gasteiger partial charge in [0.1, 0.15) is 5.75 Å². The topological polar surface area (TPSA) is 90.6 Å². The van der Waals surface area contributed by atoms with Gasteiger partial charge in [0, 0.05) is 20.3 Å². The average molecular weight is 284 g/mol. The highest BCUT2D eigenvalue weighted by Gasteiger charge is 2.10. The summed E-state index contributed by atoms with van der Waals surface area (Å²) >= 11 is 4.53. The molecule has 0 aliphatic rings. The van der Waals surface area contributed by atoms with Crippen molar-refractivity contribution in [2.75, 3.05) is 39.2 Å². The van der Waals surface area contributed by atoms with Crippen molar-refractivity contribution < 1.29 is 17.9 Å². The van der Waals surface area contributed by atoms with E-state index in [-0.39, 0.29) is 10.7 Å². The number of nitrogens with one attached hydrogen (secondary N) is 1. The highest BCUT2D eigenvalue weighted by atomic mass is 32.2. The molecule has 0 amide bonds. The van der Waals surface area contributed by atoms with Gasteiger partial charge in [-0.2, -0.15) is 0 Å². The summed E-state index contributed by atoms with van der Waals surface area (Å²) in [5.41, 5.74) is 5.16. The molecule has 6 nitrogen and oxygen atoms in total. The minimum atomic E-state index is -3.36. The second kappa shape index (κ2) is 9.72. The Balaban J connectivity index is 3.42. The SMILES string of the molecule is COCCOCCCCNS(=O)(=O)CC(N)=S. The maximum atomic E-state index is 11.3. The Morgan fingerprint density at radius 3 is 2.59 bits per heavy atom. The van der Waals surface area contributed by atoms with Gasteiger partial charge in [0.15, 0.2) is 0 Å². The highest BCUT2D eigenvalue weighted by Crippen LogP contribution is 1.91. The molecule has 0 aliphatic heterocycles. The molecule has 0 fully saturated rings. The van der Waals surface area contributed by atoms with Crippen LogP contribution in [0.2, 0.25) is 0 Å². The van der Waals surface area contributed by atoms with E-state index in [4.69, 9.17) is 15.2 Å². The second-order valence-corrected chi connectivity index (χ2v) is 5.76. The molecular formula is C9H20N2O4S2. The van der Waals surface area contributed by atoms with Crippen LogP contribution in [-0.2, 0) is 19.5 Å². The number of unbranched alkanes of at least 4 members (excludes halogenated alkanes) is 1. The van der Waals surface area contributed by atoms with E-state index < -0.39 is 10.0 Å². The third-order valence-corrected chi connectivity index (χ3v) is 3.46. The second-order valence-electron chi connectivity index (χ2n) is 3.43. The van der Waals surface area contributed by atoms with Crippen molar-refractivity contribution in [2.24, 2.45) is 5.73 Å². The lowest BCUT2D eigenvalue weighted by Crippen LogP contribution is -2.33. The highest BCUT2D eigenvalue weighted by molar-refractivity contribution is 7.92. The average Bonchev–Trinajstić information content (AvgIpc) is 2.20. The first-order valence-electron chi connectivity index (χ1n) is 5.30. The Labute approximate surface area is 108 Å². The van der Waals surface area contributed by atoms with Crippen molar-refractivity contribution in [3.8, 4) is 0 Å². The molecule has 0 aromatic rings. The summed E-state index contributed by atoms with van der Waals surface area (Å²) in [6.07, 6.45) is 1.50. The molecule has 0 aromatic heterocycles. The lowest BCUT2D eigenvalue weighted by Gasteiger charge is -2.06. The zero-order valence-electron chi connectivity index (χ0n) is 9.98. The van der Waals surface area contributed by atoms with Crippen molar-refractivity contribution in [2.45, 2.75) is 12.8 Å². The van der Waals surface area contributed by atoms with Crippen molar-refractivity contribution in [3.63, 3.8) is 0 Å². The number of ether oxygens (including phenoxy) is 2. The molecule has 0 spiro atoms. The van der Waals surface area contributed by atoms with Crippen LogP contribution in [0, 0.1) is 0 Å². The summed E-state index contributed by atoms with van der Waals surface area (Å²) in [6.45, 7) is 2.10. The Morgan fingerprint density at radius 1 is 1.29 bits per heavy atom. The number of sulfonamides is 1. The van der Waals surface area contributed by atoms with Crippen molar-refractivity contribution in [1.29, 1.82) is 0 Å². The molecule has 0 saturated carbocycles. The van der Waals surface area contributed by atoms with E-state index in [1.807, 2.05) is 0 Å². The van der Waals surface area contributed by atoms with Crippen LogP contribution in [0.5, 0.6) is 0 Å². The van der Waals surface area contributed by atoms with Crippen molar-refractivity contribution in [1.82, 2.24) is 4.72 Å². The van der Waals surface area contributed by atoms with Crippen LogP contribution in [0.3, 0.4) is 0 Å². The fraction of sp³-hybridized carbons (Fsp3) is 0.889.